The Balaban J connectivity index is 1.85. The van der Waals surface area contributed by atoms with Gasteiger partial charge in [-0.05, 0) is 17.7 Å². The number of carbonyl (C=O) groups is 1. The standard InChI is InChI=1S/C28H20NO3P/c30-28-25(29-27(32-28)22-15-7-2-8-16-22)26(21-13-5-1-6-14-21)33(31,23-17-9-3-10-18-23)24-19-11-4-12-20-24/h1-20H/b26-25-. The molecule has 0 aromatic heterocycles. The summed E-state index contributed by atoms with van der Waals surface area (Å²) in [5.74, 6) is -0.406. The Morgan fingerprint density at radius 2 is 1.09 bits per heavy atom. The number of ether oxygens (including phenoxy) is 1. The van der Waals surface area contributed by atoms with Gasteiger partial charge in [-0.25, -0.2) is 9.79 Å². The smallest absolute Gasteiger partial charge is 0.364 e. The quantitative estimate of drug-likeness (QED) is 0.234. The van der Waals surface area contributed by atoms with Gasteiger partial charge in [0.15, 0.2) is 12.8 Å². The van der Waals surface area contributed by atoms with Crippen molar-refractivity contribution in [3.63, 3.8) is 0 Å². The molecule has 160 valence electrons. The number of cyclic esters (lactones) is 1. The van der Waals surface area contributed by atoms with E-state index in [4.69, 9.17) is 4.74 Å². The number of benzene rings is 4. The van der Waals surface area contributed by atoms with Gasteiger partial charge in [-0.15, -0.1) is 0 Å². The Morgan fingerprint density at radius 1 is 0.636 bits per heavy atom. The topological polar surface area (TPSA) is 55.7 Å². The first-order valence-corrected chi connectivity index (χ1v) is 12.3. The highest BCUT2D eigenvalue weighted by molar-refractivity contribution is 7.87. The van der Waals surface area contributed by atoms with Gasteiger partial charge in [0.25, 0.3) is 0 Å². The Labute approximate surface area is 192 Å². The van der Waals surface area contributed by atoms with Crippen LogP contribution in [0.4, 0.5) is 0 Å². The summed E-state index contributed by atoms with van der Waals surface area (Å²) in [6, 6.07) is 37.0. The molecule has 0 saturated heterocycles. The van der Waals surface area contributed by atoms with E-state index in [2.05, 4.69) is 4.99 Å². The summed E-state index contributed by atoms with van der Waals surface area (Å²) >= 11 is 0. The maximum absolute atomic E-state index is 15.2. The number of rotatable bonds is 5. The fraction of sp³-hybridized carbons (Fsp3) is 0. The summed E-state index contributed by atoms with van der Waals surface area (Å²) in [4.78, 5) is 17.8. The second-order valence-corrected chi connectivity index (χ2v) is 10.2. The van der Waals surface area contributed by atoms with Crippen molar-refractivity contribution in [2.75, 3.05) is 0 Å². The monoisotopic (exact) mass is 449 g/mol. The molecule has 1 aliphatic heterocycles. The number of hydrogen-bond donors (Lipinski definition) is 0. The van der Waals surface area contributed by atoms with Gasteiger partial charge in [0.05, 0.1) is 5.31 Å². The first kappa shape index (κ1) is 20.9. The third-order valence-corrected chi connectivity index (χ3v) is 8.59. The lowest BCUT2D eigenvalue weighted by Gasteiger charge is -2.23. The van der Waals surface area contributed by atoms with Crippen LogP contribution in [0.5, 0.6) is 0 Å². The molecule has 0 aliphatic carbocycles. The number of esters is 1. The van der Waals surface area contributed by atoms with Crippen LogP contribution in [0.1, 0.15) is 11.1 Å². The average Bonchev–Trinajstić information content (AvgIpc) is 3.27. The van der Waals surface area contributed by atoms with Crippen LogP contribution in [0, 0.1) is 0 Å². The molecule has 1 aliphatic rings. The molecule has 1 heterocycles. The third kappa shape index (κ3) is 3.86. The Bertz CT molecular complexity index is 1350. The van der Waals surface area contributed by atoms with Gasteiger partial charge in [0, 0.05) is 16.2 Å². The van der Waals surface area contributed by atoms with E-state index in [1.54, 1.807) is 0 Å². The minimum Gasteiger partial charge on any atom is -0.402 e. The summed E-state index contributed by atoms with van der Waals surface area (Å²) in [6.45, 7) is 0. The Hall–Kier alpha value is -4.01. The van der Waals surface area contributed by atoms with Crippen LogP contribution in [0.2, 0.25) is 0 Å². The predicted molar refractivity (Wildman–Crippen MR) is 132 cm³/mol. The molecule has 5 rings (SSSR count). The summed E-state index contributed by atoms with van der Waals surface area (Å²) in [6.07, 6.45) is 0. The summed E-state index contributed by atoms with van der Waals surface area (Å²) in [7, 11) is -3.49. The molecule has 0 spiro atoms. The van der Waals surface area contributed by atoms with Gasteiger partial charge < -0.3 is 9.30 Å². The minimum atomic E-state index is -3.49. The summed E-state index contributed by atoms with van der Waals surface area (Å²) in [5, 5.41) is 1.62. The van der Waals surface area contributed by atoms with Crippen LogP contribution in [0.15, 0.2) is 132 Å². The third-order valence-electron chi connectivity index (χ3n) is 5.44. The van der Waals surface area contributed by atoms with Crippen molar-refractivity contribution in [3.8, 4) is 0 Å². The zero-order valence-electron chi connectivity index (χ0n) is 17.7. The van der Waals surface area contributed by atoms with Crippen molar-refractivity contribution in [1.82, 2.24) is 0 Å². The van der Waals surface area contributed by atoms with Crippen molar-refractivity contribution in [2.45, 2.75) is 0 Å². The second-order valence-electron chi connectivity index (χ2n) is 7.52. The Morgan fingerprint density at radius 3 is 1.61 bits per heavy atom. The van der Waals surface area contributed by atoms with Crippen LogP contribution in [0.25, 0.3) is 5.31 Å². The van der Waals surface area contributed by atoms with Crippen molar-refractivity contribution < 1.29 is 14.1 Å². The van der Waals surface area contributed by atoms with Crippen molar-refractivity contribution in [3.05, 3.63) is 138 Å². The van der Waals surface area contributed by atoms with Crippen molar-refractivity contribution in [2.24, 2.45) is 4.99 Å². The first-order valence-electron chi connectivity index (χ1n) is 10.6. The van der Waals surface area contributed by atoms with E-state index >= 15 is 4.57 Å². The number of nitrogens with zero attached hydrogens (tertiary/aromatic N) is 1. The summed E-state index contributed by atoms with van der Waals surface area (Å²) < 4.78 is 20.7. The molecule has 0 atom stereocenters. The predicted octanol–water partition coefficient (Wildman–Crippen LogP) is 5.37. The molecule has 4 aromatic carbocycles. The molecule has 0 radical (unpaired) electrons. The molecule has 0 fully saturated rings. The molecule has 0 unspecified atom stereocenters. The van der Waals surface area contributed by atoms with E-state index in [1.807, 2.05) is 121 Å². The zero-order valence-corrected chi connectivity index (χ0v) is 18.6. The van der Waals surface area contributed by atoms with Gasteiger partial charge in [-0.3, -0.25) is 0 Å². The van der Waals surface area contributed by atoms with Crippen LogP contribution in [-0.2, 0) is 14.1 Å². The molecule has 33 heavy (non-hydrogen) atoms. The van der Waals surface area contributed by atoms with Gasteiger partial charge in [-0.1, -0.05) is 109 Å². The molecule has 0 saturated carbocycles. The van der Waals surface area contributed by atoms with E-state index in [0.717, 1.165) is 0 Å². The molecule has 5 heteroatoms. The highest BCUT2D eigenvalue weighted by atomic mass is 31.2. The van der Waals surface area contributed by atoms with Crippen molar-refractivity contribution in [1.29, 1.82) is 0 Å². The summed E-state index contributed by atoms with van der Waals surface area (Å²) in [5.41, 5.74) is 1.41. The highest BCUT2D eigenvalue weighted by Crippen LogP contribution is 2.58. The maximum atomic E-state index is 15.2. The lowest BCUT2D eigenvalue weighted by Crippen LogP contribution is -2.18. The van der Waals surface area contributed by atoms with Gasteiger partial charge in [0.1, 0.15) is 0 Å². The number of carbonyl (C=O) groups excluding carboxylic acids is 1. The molecule has 4 nitrogen and oxygen atoms in total. The SMILES string of the molecule is O=C1OC(c2ccccc2)=N/C1=C(/c1ccccc1)P(=O)(c1ccccc1)c1ccccc1. The zero-order chi connectivity index (χ0) is 22.7. The van der Waals surface area contributed by atoms with Crippen LogP contribution < -0.4 is 10.6 Å². The lowest BCUT2D eigenvalue weighted by molar-refractivity contribution is -0.129. The van der Waals surface area contributed by atoms with E-state index in [0.29, 0.717) is 27.1 Å². The Kier molecular flexibility index (Phi) is 5.60. The van der Waals surface area contributed by atoms with E-state index in [1.165, 1.54) is 0 Å². The fourth-order valence-electron chi connectivity index (χ4n) is 3.91. The van der Waals surface area contributed by atoms with Gasteiger partial charge in [0.2, 0.25) is 5.90 Å². The molecule has 4 aromatic rings. The minimum absolute atomic E-state index is 0.0658. The van der Waals surface area contributed by atoms with E-state index in [9.17, 15) is 4.79 Å². The van der Waals surface area contributed by atoms with Crippen LogP contribution >= 0.6 is 7.14 Å². The van der Waals surface area contributed by atoms with E-state index in [-0.39, 0.29) is 11.6 Å². The molecule has 0 N–H and O–H groups in total. The molecular weight excluding hydrogens is 429 g/mol. The van der Waals surface area contributed by atoms with Crippen LogP contribution in [-0.4, -0.2) is 11.9 Å². The fourth-order valence-corrected chi connectivity index (χ4v) is 6.86. The van der Waals surface area contributed by atoms with Gasteiger partial charge >= 0.3 is 5.97 Å². The molecule has 0 amide bonds. The molecular formula is C28H20NO3P. The van der Waals surface area contributed by atoms with Gasteiger partial charge in [-0.2, -0.15) is 0 Å². The number of hydrogen-bond acceptors (Lipinski definition) is 4. The van der Waals surface area contributed by atoms with Crippen LogP contribution in [0.3, 0.4) is 0 Å². The number of aliphatic imine (C=N–C) groups is 1. The first-order chi connectivity index (χ1) is 16.2. The van der Waals surface area contributed by atoms with E-state index < -0.39 is 13.1 Å². The van der Waals surface area contributed by atoms with Crippen molar-refractivity contribution >= 4 is 34.9 Å². The highest BCUT2D eigenvalue weighted by Gasteiger charge is 2.40. The maximum Gasteiger partial charge on any atom is 0.364 e. The normalized spacial score (nSPS) is 15.0. The second kappa shape index (κ2) is 8.85. The largest absolute Gasteiger partial charge is 0.402 e. The lowest BCUT2D eigenvalue weighted by atomic mass is 10.2. The molecule has 0 bridgehead atoms. The average molecular weight is 449 g/mol.